The summed E-state index contributed by atoms with van der Waals surface area (Å²) in [4.78, 5) is 37.6. The lowest BCUT2D eigenvalue weighted by Gasteiger charge is -2.40. The topological polar surface area (TPSA) is 486 Å². The van der Waals surface area contributed by atoms with Crippen molar-refractivity contribution >= 4 is 17.7 Å². The van der Waals surface area contributed by atoms with Crippen molar-refractivity contribution in [1.29, 1.82) is 0 Å². The second-order valence-corrected chi connectivity index (χ2v) is 19.9. The van der Waals surface area contributed by atoms with Gasteiger partial charge in [0.15, 0.2) is 18.9 Å². The van der Waals surface area contributed by atoms with Crippen LogP contribution in [0.25, 0.3) is 0 Å². The molecule has 0 aliphatic carbocycles. The molecule has 83 heavy (non-hydrogen) atoms. The molecule has 3 saturated heterocycles. The number of amides is 3. The minimum atomic E-state index is -1.33. The molecular weight excluding hydrogens is 1120 g/mol. The molecular formula is C50H96N6O27. The summed E-state index contributed by atoms with van der Waals surface area (Å²) in [6.07, 6.45) is -14.0. The van der Waals surface area contributed by atoms with Gasteiger partial charge in [0.2, 0.25) is 17.7 Å². The molecule has 3 aliphatic rings. The molecule has 0 aromatic heterocycles. The molecule has 0 aromatic rings. The number of ether oxygens (including phenoxy) is 15. The lowest BCUT2D eigenvalue weighted by molar-refractivity contribution is -0.267. The summed E-state index contributed by atoms with van der Waals surface area (Å²) >= 11 is 0. The molecule has 3 heterocycles. The van der Waals surface area contributed by atoms with Crippen LogP contribution >= 0.6 is 0 Å². The van der Waals surface area contributed by atoms with Gasteiger partial charge in [-0.3, -0.25) is 14.4 Å². The molecule has 0 saturated carbocycles. The Bertz CT molecular complexity index is 1510. The molecule has 0 aromatic carbocycles. The van der Waals surface area contributed by atoms with E-state index in [1.807, 2.05) is 6.92 Å². The Kier molecular flexibility index (Phi) is 39.4. The number of carbonyl (C=O) groups is 3. The number of aliphatic hydroxyl groups excluding tert-OH is 9. The summed E-state index contributed by atoms with van der Waals surface area (Å²) in [7, 11) is 0. The molecule has 15 unspecified atom stereocenters. The van der Waals surface area contributed by atoms with Crippen molar-refractivity contribution in [3.63, 3.8) is 0 Å². The molecule has 33 nitrogen and oxygen atoms in total. The summed E-state index contributed by atoms with van der Waals surface area (Å²) in [5.74, 6) is -0.795. The zero-order chi connectivity index (χ0) is 60.8. The average molecular weight is 1210 g/mol. The highest BCUT2D eigenvalue weighted by molar-refractivity contribution is 5.76. The number of nitrogens with two attached hydrogens (primary N) is 3. The van der Waals surface area contributed by atoms with Gasteiger partial charge in [0, 0.05) is 44.3 Å². The third-order valence-corrected chi connectivity index (χ3v) is 12.9. The number of carbonyl (C=O) groups excluding carboxylic acids is 3. The van der Waals surface area contributed by atoms with Crippen LogP contribution in [-0.4, -0.2) is 334 Å². The monoisotopic (exact) mass is 1210 g/mol. The van der Waals surface area contributed by atoms with Crippen LogP contribution in [0.4, 0.5) is 0 Å². The molecule has 3 aliphatic heterocycles. The molecule has 3 rings (SSSR count). The van der Waals surface area contributed by atoms with Crippen LogP contribution in [-0.2, 0) is 85.4 Å². The summed E-state index contributed by atoms with van der Waals surface area (Å²) in [5.41, 5.74) is 16.8. The molecule has 0 spiro atoms. The fraction of sp³-hybridized carbons (Fsp3) is 0.940. The second-order valence-electron chi connectivity index (χ2n) is 19.9. The van der Waals surface area contributed by atoms with Gasteiger partial charge >= 0.3 is 0 Å². The van der Waals surface area contributed by atoms with E-state index in [4.69, 9.17) is 88.3 Å². The first-order chi connectivity index (χ1) is 40.0. The van der Waals surface area contributed by atoms with Gasteiger partial charge in [-0.2, -0.15) is 0 Å². The standard InChI is InChI=1S/C50H96N6O27/c1-50(29-75-8-2-35(60)54-5-11-69-14-17-72-20-23-78-47-38(51)44(66)41(63)32(26-57)81-47,30-76-9-3-36(61)55-6-12-70-15-18-73-21-24-79-48-39(52)45(67)42(64)33(27-58)82-48)31-77-10-4-37(62)56-7-13-71-16-19-74-22-25-80-49-40(53)46(68)43(65)34(28-59)83-49/h32-34,38-49,57-59,63-68H,2-31,51-53H2,1H3,(H,54,60)(H,55,61)(H,56,62). The quantitative estimate of drug-likeness (QED) is 0.0252. The van der Waals surface area contributed by atoms with E-state index in [9.17, 15) is 60.3 Å². The molecule has 488 valence electrons. The first-order valence-electron chi connectivity index (χ1n) is 28.0. The highest BCUT2D eigenvalue weighted by Gasteiger charge is 2.45. The van der Waals surface area contributed by atoms with E-state index >= 15 is 0 Å². The van der Waals surface area contributed by atoms with Crippen LogP contribution < -0.4 is 33.2 Å². The first-order valence-corrected chi connectivity index (χ1v) is 28.0. The summed E-state index contributed by atoms with van der Waals surface area (Å²) in [6, 6.07) is -3.03. The van der Waals surface area contributed by atoms with Gasteiger partial charge in [0.05, 0.1) is 177 Å². The highest BCUT2D eigenvalue weighted by atomic mass is 16.7. The molecule has 3 fully saturated rings. The number of hydrogen-bond donors (Lipinski definition) is 15. The van der Waals surface area contributed by atoms with Crippen molar-refractivity contribution in [3.05, 3.63) is 0 Å². The summed E-state index contributed by atoms with van der Waals surface area (Å²) in [5, 5.41) is 96.1. The lowest BCUT2D eigenvalue weighted by atomic mass is 9.94. The van der Waals surface area contributed by atoms with Gasteiger partial charge in [-0.1, -0.05) is 6.92 Å². The fourth-order valence-electron chi connectivity index (χ4n) is 8.02. The van der Waals surface area contributed by atoms with Crippen molar-refractivity contribution in [2.24, 2.45) is 22.6 Å². The van der Waals surface area contributed by atoms with Crippen LogP contribution in [0.2, 0.25) is 0 Å². The second kappa shape index (κ2) is 43.9. The zero-order valence-corrected chi connectivity index (χ0v) is 47.5. The van der Waals surface area contributed by atoms with E-state index in [0.717, 1.165) is 0 Å². The van der Waals surface area contributed by atoms with Crippen molar-refractivity contribution in [3.8, 4) is 0 Å². The van der Waals surface area contributed by atoms with E-state index < -0.39 is 117 Å². The Morgan fingerprint density at radius 3 is 0.867 bits per heavy atom. The number of rotatable bonds is 48. The molecule has 15 atom stereocenters. The molecule has 0 bridgehead atoms. The van der Waals surface area contributed by atoms with E-state index in [2.05, 4.69) is 16.0 Å². The van der Waals surface area contributed by atoms with E-state index in [-0.39, 0.29) is 195 Å². The molecule has 3 amide bonds. The maximum absolute atomic E-state index is 12.5. The maximum atomic E-state index is 12.5. The Labute approximate surface area is 483 Å². The lowest BCUT2D eigenvalue weighted by Crippen LogP contribution is -2.62. The van der Waals surface area contributed by atoms with Crippen LogP contribution in [0, 0.1) is 5.41 Å². The highest BCUT2D eigenvalue weighted by Crippen LogP contribution is 2.23. The van der Waals surface area contributed by atoms with Crippen molar-refractivity contribution in [1.82, 2.24) is 16.0 Å². The van der Waals surface area contributed by atoms with Crippen LogP contribution in [0.1, 0.15) is 26.2 Å². The van der Waals surface area contributed by atoms with Gasteiger partial charge in [0.25, 0.3) is 0 Å². The fourth-order valence-corrected chi connectivity index (χ4v) is 8.02. The van der Waals surface area contributed by atoms with Crippen molar-refractivity contribution in [2.45, 2.75) is 118 Å². The smallest absolute Gasteiger partial charge is 0.222 e. The Balaban J connectivity index is 1.26. The van der Waals surface area contributed by atoms with E-state index in [1.54, 1.807) is 0 Å². The van der Waals surface area contributed by atoms with E-state index in [1.165, 1.54) is 0 Å². The van der Waals surface area contributed by atoms with Gasteiger partial charge in [-0.15, -0.1) is 0 Å². The predicted octanol–water partition coefficient (Wildman–Crippen LogP) is -8.99. The minimum Gasteiger partial charge on any atom is -0.394 e. The van der Waals surface area contributed by atoms with Gasteiger partial charge < -0.3 is 150 Å². The normalized spacial score (nSPS) is 29.1. The summed E-state index contributed by atoms with van der Waals surface area (Å²) in [6.45, 7) is 4.41. The third kappa shape index (κ3) is 29.7. The van der Waals surface area contributed by atoms with Gasteiger partial charge in [-0.25, -0.2) is 0 Å². The maximum Gasteiger partial charge on any atom is 0.222 e. The summed E-state index contributed by atoms with van der Waals surface area (Å²) < 4.78 is 83.2. The van der Waals surface area contributed by atoms with Gasteiger partial charge in [-0.05, 0) is 0 Å². The van der Waals surface area contributed by atoms with E-state index in [0.29, 0.717) is 0 Å². The number of nitrogens with one attached hydrogen (secondary N) is 3. The SMILES string of the molecule is CC(COCCC(=O)NCCOCCOCCOC1OC(CO)C(O)C(O)C1N)(COCCC(=O)NCCOCCOCCOC1OC(CO)C(O)C(O)C1N)COCCC(=O)NCCOCCOCCOC1OC(CO)C(O)C(O)C1N. The van der Waals surface area contributed by atoms with Crippen LogP contribution in [0.15, 0.2) is 0 Å². The molecule has 33 heteroatoms. The van der Waals surface area contributed by atoms with Crippen molar-refractivity contribution in [2.75, 3.05) is 178 Å². The number of aliphatic hydroxyl groups is 9. The third-order valence-electron chi connectivity index (χ3n) is 12.9. The van der Waals surface area contributed by atoms with Crippen molar-refractivity contribution < 1.29 is 131 Å². The Morgan fingerprint density at radius 1 is 0.373 bits per heavy atom. The largest absolute Gasteiger partial charge is 0.394 e. The molecule has 18 N–H and O–H groups in total. The Morgan fingerprint density at radius 2 is 0.614 bits per heavy atom. The van der Waals surface area contributed by atoms with Crippen LogP contribution in [0.5, 0.6) is 0 Å². The van der Waals surface area contributed by atoms with Gasteiger partial charge in [0.1, 0.15) is 54.9 Å². The predicted molar refractivity (Wildman–Crippen MR) is 283 cm³/mol. The minimum absolute atomic E-state index is 0.0543. The molecule has 0 radical (unpaired) electrons. The first kappa shape index (κ1) is 74.6. The Hall–Kier alpha value is -2.67. The zero-order valence-electron chi connectivity index (χ0n) is 47.5. The number of hydrogen-bond acceptors (Lipinski definition) is 30. The average Bonchev–Trinajstić information content (AvgIpc) is 3.66. The van der Waals surface area contributed by atoms with Crippen LogP contribution in [0.3, 0.4) is 0 Å².